The van der Waals surface area contributed by atoms with Gasteiger partial charge in [-0.15, -0.1) is 0 Å². The largest absolute Gasteiger partial charge is 0.352 e. The van der Waals surface area contributed by atoms with Crippen LogP contribution in [0.2, 0.25) is 0 Å². The number of nitrogens with one attached hydrogen (secondary N) is 2. The van der Waals surface area contributed by atoms with Crippen LogP contribution in [-0.2, 0) is 23.1 Å². The van der Waals surface area contributed by atoms with Gasteiger partial charge in [0.15, 0.2) is 5.96 Å². The van der Waals surface area contributed by atoms with E-state index in [1.165, 1.54) is 29.5 Å². The predicted molar refractivity (Wildman–Crippen MR) is 106 cm³/mol. The minimum atomic E-state index is -3.40. The SMILES string of the molecule is CN=C(NCc1ccc(C)cc1)NCc1ccc(S(=O)(=O)N(C)C)cc1. The van der Waals surface area contributed by atoms with Gasteiger partial charge in [0.1, 0.15) is 0 Å². The Labute approximate surface area is 156 Å². The zero-order valence-corrected chi connectivity index (χ0v) is 16.5. The van der Waals surface area contributed by atoms with E-state index in [2.05, 4.69) is 46.8 Å². The molecule has 0 aliphatic rings. The fraction of sp³-hybridized carbons (Fsp3) is 0.316. The van der Waals surface area contributed by atoms with E-state index in [1.807, 2.05) is 0 Å². The maximum absolute atomic E-state index is 12.1. The Morgan fingerprint density at radius 3 is 1.81 bits per heavy atom. The quantitative estimate of drug-likeness (QED) is 0.600. The van der Waals surface area contributed by atoms with Crippen molar-refractivity contribution in [2.24, 2.45) is 4.99 Å². The van der Waals surface area contributed by atoms with Gasteiger partial charge in [-0.25, -0.2) is 12.7 Å². The summed E-state index contributed by atoms with van der Waals surface area (Å²) in [4.78, 5) is 4.49. The Hall–Kier alpha value is -2.38. The van der Waals surface area contributed by atoms with Gasteiger partial charge in [0.05, 0.1) is 4.90 Å². The minimum Gasteiger partial charge on any atom is -0.352 e. The van der Waals surface area contributed by atoms with Crippen molar-refractivity contribution in [2.75, 3.05) is 21.1 Å². The van der Waals surface area contributed by atoms with Crippen molar-refractivity contribution in [3.05, 3.63) is 65.2 Å². The fourth-order valence-corrected chi connectivity index (χ4v) is 3.19. The monoisotopic (exact) mass is 374 g/mol. The molecule has 0 atom stereocenters. The summed E-state index contributed by atoms with van der Waals surface area (Å²) in [5, 5.41) is 6.49. The smallest absolute Gasteiger partial charge is 0.242 e. The number of aryl methyl sites for hydroxylation is 1. The molecule has 0 saturated carbocycles. The number of guanidine groups is 1. The first kappa shape index (κ1) is 19.9. The van der Waals surface area contributed by atoms with Gasteiger partial charge in [-0.05, 0) is 30.2 Å². The molecule has 26 heavy (non-hydrogen) atoms. The standard InChI is InChI=1S/C19H26N4O2S/c1-15-5-7-16(8-6-15)13-21-19(20-2)22-14-17-9-11-18(12-10-17)26(24,25)23(3)4/h5-12H,13-14H2,1-4H3,(H2,20,21,22). The van der Waals surface area contributed by atoms with Crippen molar-refractivity contribution < 1.29 is 8.42 Å². The molecule has 0 spiro atoms. The Morgan fingerprint density at radius 2 is 1.38 bits per heavy atom. The van der Waals surface area contributed by atoms with Crippen LogP contribution in [0.4, 0.5) is 0 Å². The average molecular weight is 375 g/mol. The highest BCUT2D eigenvalue weighted by Crippen LogP contribution is 2.13. The second-order valence-corrected chi connectivity index (χ2v) is 8.35. The van der Waals surface area contributed by atoms with Crippen molar-refractivity contribution in [3.8, 4) is 0 Å². The molecule has 140 valence electrons. The fourth-order valence-electron chi connectivity index (χ4n) is 2.29. The summed E-state index contributed by atoms with van der Waals surface area (Å²) in [6.45, 7) is 3.29. The van der Waals surface area contributed by atoms with Gasteiger partial charge in [-0.2, -0.15) is 0 Å². The molecule has 0 radical (unpaired) electrons. The molecule has 0 amide bonds. The molecular weight excluding hydrogens is 348 g/mol. The van der Waals surface area contributed by atoms with Crippen LogP contribution in [0.5, 0.6) is 0 Å². The van der Waals surface area contributed by atoms with Gasteiger partial charge in [0.2, 0.25) is 10.0 Å². The van der Waals surface area contributed by atoms with Gasteiger partial charge in [0, 0.05) is 34.2 Å². The summed E-state index contributed by atoms with van der Waals surface area (Å²) in [5.41, 5.74) is 3.38. The van der Waals surface area contributed by atoms with E-state index in [4.69, 9.17) is 0 Å². The number of hydrogen-bond acceptors (Lipinski definition) is 3. The molecule has 2 aromatic rings. The van der Waals surface area contributed by atoms with Crippen LogP contribution in [0, 0.1) is 6.92 Å². The molecule has 0 aliphatic heterocycles. The third-order valence-corrected chi connectivity index (χ3v) is 5.80. The Bertz CT molecular complexity index is 842. The summed E-state index contributed by atoms with van der Waals surface area (Å²) in [7, 11) is 1.37. The molecule has 2 aromatic carbocycles. The lowest BCUT2D eigenvalue weighted by molar-refractivity contribution is 0.520. The van der Waals surface area contributed by atoms with E-state index in [-0.39, 0.29) is 4.90 Å². The lowest BCUT2D eigenvalue weighted by Gasteiger charge is -2.13. The topological polar surface area (TPSA) is 73.8 Å². The summed E-state index contributed by atoms with van der Waals surface area (Å²) < 4.78 is 25.4. The first-order chi connectivity index (χ1) is 12.3. The molecule has 0 saturated heterocycles. The van der Waals surface area contributed by atoms with E-state index < -0.39 is 10.0 Å². The molecule has 0 unspecified atom stereocenters. The number of nitrogens with zero attached hydrogens (tertiary/aromatic N) is 2. The average Bonchev–Trinajstić information content (AvgIpc) is 2.63. The van der Waals surface area contributed by atoms with Crippen LogP contribution in [0.25, 0.3) is 0 Å². The molecule has 2 rings (SSSR count). The van der Waals surface area contributed by atoms with Crippen LogP contribution in [0.3, 0.4) is 0 Å². The first-order valence-corrected chi connectivity index (χ1v) is 9.78. The highest BCUT2D eigenvalue weighted by Gasteiger charge is 2.16. The lowest BCUT2D eigenvalue weighted by Crippen LogP contribution is -2.36. The molecule has 0 aromatic heterocycles. The summed E-state index contributed by atoms with van der Waals surface area (Å²) in [5.74, 6) is 0.690. The molecular formula is C19H26N4O2S. The third kappa shape index (κ3) is 5.31. The van der Waals surface area contributed by atoms with Crippen molar-refractivity contribution in [3.63, 3.8) is 0 Å². The third-order valence-electron chi connectivity index (χ3n) is 3.97. The number of benzene rings is 2. The molecule has 0 bridgehead atoms. The second kappa shape index (κ2) is 8.82. The zero-order chi connectivity index (χ0) is 19.2. The highest BCUT2D eigenvalue weighted by atomic mass is 32.2. The zero-order valence-electron chi connectivity index (χ0n) is 15.7. The van der Waals surface area contributed by atoms with Gasteiger partial charge in [-0.3, -0.25) is 4.99 Å². The minimum absolute atomic E-state index is 0.285. The van der Waals surface area contributed by atoms with Crippen LogP contribution in [-0.4, -0.2) is 39.8 Å². The van der Waals surface area contributed by atoms with E-state index in [9.17, 15) is 8.42 Å². The van der Waals surface area contributed by atoms with Gasteiger partial charge < -0.3 is 10.6 Å². The molecule has 2 N–H and O–H groups in total. The molecule has 7 heteroatoms. The van der Waals surface area contributed by atoms with Crippen molar-refractivity contribution in [2.45, 2.75) is 24.9 Å². The molecule has 0 aliphatic carbocycles. The van der Waals surface area contributed by atoms with Crippen LogP contribution in [0.1, 0.15) is 16.7 Å². The van der Waals surface area contributed by atoms with Gasteiger partial charge in [-0.1, -0.05) is 42.0 Å². The van der Waals surface area contributed by atoms with Crippen LogP contribution in [0.15, 0.2) is 58.4 Å². The molecule has 6 nitrogen and oxygen atoms in total. The normalized spacial score (nSPS) is 12.3. The highest BCUT2D eigenvalue weighted by molar-refractivity contribution is 7.89. The Morgan fingerprint density at radius 1 is 0.923 bits per heavy atom. The Kier molecular flexibility index (Phi) is 6.76. The summed E-state index contributed by atoms with van der Waals surface area (Å²) >= 11 is 0. The van der Waals surface area contributed by atoms with E-state index in [1.54, 1.807) is 31.3 Å². The molecule has 0 fully saturated rings. The molecule has 0 heterocycles. The maximum atomic E-state index is 12.1. The van der Waals surface area contributed by atoms with Crippen molar-refractivity contribution in [1.82, 2.24) is 14.9 Å². The number of rotatable bonds is 6. The van der Waals surface area contributed by atoms with Crippen molar-refractivity contribution >= 4 is 16.0 Å². The van der Waals surface area contributed by atoms with Crippen molar-refractivity contribution in [1.29, 1.82) is 0 Å². The van der Waals surface area contributed by atoms with Gasteiger partial charge >= 0.3 is 0 Å². The summed E-state index contributed by atoms with van der Waals surface area (Å²) in [6, 6.07) is 15.2. The number of hydrogen-bond donors (Lipinski definition) is 2. The number of aliphatic imine (C=N–C) groups is 1. The number of sulfonamides is 1. The van der Waals surface area contributed by atoms with E-state index >= 15 is 0 Å². The van der Waals surface area contributed by atoms with E-state index in [0.29, 0.717) is 19.0 Å². The van der Waals surface area contributed by atoms with Gasteiger partial charge in [0.25, 0.3) is 0 Å². The van der Waals surface area contributed by atoms with Crippen LogP contribution >= 0.6 is 0 Å². The maximum Gasteiger partial charge on any atom is 0.242 e. The van der Waals surface area contributed by atoms with E-state index in [0.717, 1.165) is 5.56 Å². The first-order valence-electron chi connectivity index (χ1n) is 8.34. The lowest BCUT2D eigenvalue weighted by atomic mass is 10.1. The summed E-state index contributed by atoms with van der Waals surface area (Å²) in [6.07, 6.45) is 0. The Balaban J connectivity index is 1.91. The van der Waals surface area contributed by atoms with Crippen LogP contribution < -0.4 is 10.6 Å². The predicted octanol–water partition coefficient (Wildman–Crippen LogP) is 2.11. The second-order valence-electron chi connectivity index (χ2n) is 6.20.